The highest BCUT2D eigenvalue weighted by Crippen LogP contribution is 2.37. The molecule has 0 saturated heterocycles. The third kappa shape index (κ3) is 5.76. The molecule has 0 bridgehead atoms. The van der Waals surface area contributed by atoms with Gasteiger partial charge in [-0.2, -0.15) is 0 Å². The topological polar surface area (TPSA) is 55.4 Å². The monoisotopic (exact) mass is 415 g/mol. The molecule has 0 spiro atoms. The molecule has 0 atom stereocenters. The minimum Gasteiger partial charge on any atom is -0.413 e. The van der Waals surface area contributed by atoms with Gasteiger partial charge in [-0.15, -0.1) is 0 Å². The first-order valence-electron chi connectivity index (χ1n) is 9.16. The molecule has 0 aliphatic carbocycles. The van der Waals surface area contributed by atoms with Crippen LogP contribution in [0.5, 0.6) is 0 Å². The molecular weight excluding hydrogens is 378 g/mol. The molecule has 1 aromatic carbocycles. The maximum Gasteiger partial charge on any atom is 0.234 e. The molecule has 1 aromatic rings. The van der Waals surface area contributed by atoms with E-state index in [4.69, 9.17) is 4.43 Å². The van der Waals surface area contributed by atoms with Gasteiger partial charge in [-0.1, -0.05) is 66.8 Å². The fourth-order valence-electron chi connectivity index (χ4n) is 1.83. The van der Waals surface area contributed by atoms with Gasteiger partial charge >= 0.3 is 0 Å². The second kappa shape index (κ2) is 7.50. The minimum absolute atomic E-state index is 0.0663. The van der Waals surface area contributed by atoms with Crippen LogP contribution in [-0.4, -0.2) is 25.0 Å². The first-order valence-corrected chi connectivity index (χ1v) is 16.6. The van der Waals surface area contributed by atoms with Gasteiger partial charge in [-0.05, 0) is 40.9 Å². The van der Waals surface area contributed by atoms with Gasteiger partial charge in [0.05, 0.1) is 11.5 Å². The van der Waals surface area contributed by atoms with Crippen molar-refractivity contribution in [2.45, 2.75) is 89.3 Å². The zero-order valence-electron chi connectivity index (χ0n) is 18.1. The molecule has 0 fully saturated rings. The van der Waals surface area contributed by atoms with E-state index in [0.29, 0.717) is 11.5 Å². The Morgan fingerprint density at radius 1 is 0.962 bits per heavy atom. The van der Waals surface area contributed by atoms with Gasteiger partial charge in [0.15, 0.2) is 8.32 Å². The van der Waals surface area contributed by atoms with E-state index in [2.05, 4.69) is 72.1 Å². The number of nitrogens with one attached hydrogen (secondary N) is 1. The van der Waals surface area contributed by atoms with Crippen LogP contribution in [0.2, 0.25) is 36.3 Å². The average molecular weight is 416 g/mol. The Morgan fingerprint density at radius 2 is 1.50 bits per heavy atom. The lowest BCUT2D eigenvalue weighted by molar-refractivity contribution is 0.276. The summed E-state index contributed by atoms with van der Waals surface area (Å²) in [5, 5.41) is 0.0592. The minimum atomic E-state index is -3.54. The van der Waals surface area contributed by atoms with Crippen molar-refractivity contribution in [3.05, 3.63) is 29.8 Å². The standard InChI is InChI=1S/C19H37NO3SSi2/c1-18(2,3)25(7,8)20-24(21,22)17-13-11-12-16(14-17)15-23-26(9,10)19(4,5)6/h11-14,20H,15H2,1-10H3. The van der Waals surface area contributed by atoms with Crippen LogP contribution in [0.1, 0.15) is 47.1 Å². The van der Waals surface area contributed by atoms with Crippen LogP contribution in [0.3, 0.4) is 0 Å². The van der Waals surface area contributed by atoms with Crippen LogP contribution in [0.15, 0.2) is 29.2 Å². The number of hydrogen-bond acceptors (Lipinski definition) is 3. The molecule has 0 aliphatic heterocycles. The zero-order valence-corrected chi connectivity index (χ0v) is 21.0. The molecule has 4 nitrogen and oxygen atoms in total. The first-order chi connectivity index (χ1) is 11.4. The van der Waals surface area contributed by atoms with Crippen LogP contribution in [0.25, 0.3) is 0 Å². The zero-order chi connectivity index (χ0) is 20.6. The van der Waals surface area contributed by atoms with E-state index in [9.17, 15) is 8.42 Å². The molecule has 150 valence electrons. The van der Waals surface area contributed by atoms with Crippen molar-refractivity contribution in [3.8, 4) is 0 Å². The van der Waals surface area contributed by atoms with Crippen molar-refractivity contribution in [2.24, 2.45) is 0 Å². The Hall–Kier alpha value is -0.476. The van der Waals surface area contributed by atoms with Gasteiger partial charge in [0.25, 0.3) is 0 Å². The molecule has 26 heavy (non-hydrogen) atoms. The van der Waals surface area contributed by atoms with Crippen molar-refractivity contribution in [2.75, 3.05) is 0 Å². The fourth-order valence-corrected chi connectivity index (χ4v) is 7.74. The highest BCUT2D eigenvalue weighted by molar-refractivity contribution is 7.91. The Labute approximate surface area is 163 Å². The maximum atomic E-state index is 12.9. The molecule has 0 amide bonds. The van der Waals surface area contributed by atoms with Crippen LogP contribution >= 0.6 is 0 Å². The molecular formula is C19H37NO3SSi2. The van der Waals surface area contributed by atoms with Crippen molar-refractivity contribution in [1.29, 1.82) is 0 Å². The summed E-state index contributed by atoms with van der Waals surface area (Å²) in [5.74, 6) is 0. The number of rotatable bonds is 6. The second-order valence-electron chi connectivity index (χ2n) is 10.2. The van der Waals surface area contributed by atoms with Gasteiger partial charge in [0.1, 0.15) is 8.24 Å². The lowest BCUT2D eigenvalue weighted by Gasteiger charge is -2.37. The largest absolute Gasteiger partial charge is 0.413 e. The third-order valence-electron chi connectivity index (χ3n) is 5.88. The van der Waals surface area contributed by atoms with Crippen molar-refractivity contribution >= 4 is 26.6 Å². The normalized spacial score (nSPS) is 14.5. The molecule has 0 saturated carbocycles. The van der Waals surface area contributed by atoms with Crippen LogP contribution in [0, 0.1) is 0 Å². The molecule has 7 heteroatoms. The Morgan fingerprint density at radius 3 is 1.96 bits per heavy atom. The van der Waals surface area contributed by atoms with Crippen molar-refractivity contribution in [1.82, 2.24) is 4.39 Å². The molecule has 0 aromatic heterocycles. The molecule has 0 unspecified atom stereocenters. The quantitative estimate of drug-likeness (QED) is 0.625. The van der Waals surface area contributed by atoms with E-state index in [1.54, 1.807) is 18.2 Å². The van der Waals surface area contributed by atoms with E-state index < -0.39 is 26.6 Å². The van der Waals surface area contributed by atoms with Crippen LogP contribution in [-0.2, 0) is 21.1 Å². The first kappa shape index (κ1) is 23.6. The summed E-state index contributed by atoms with van der Waals surface area (Å²) in [4.78, 5) is 0.318. The van der Waals surface area contributed by atoms with Crippen molar-refractivity contribution < 1.29 is 12.8 Å². The average Bonchev–Trinajstić information content (AvgIpc) is 2.42. The maximum absolute atomic E-state index is 12.9. The highest BCUT2D eigenvalue weighted by atomic mass is 32.2. The number of benzene rings is 1. The van der Waals surface area contributed by atoms with Gasteiger partial charge in [0, 0.05) is 0 Å². The Balaban J connectivity index is 3.03. The number of hydrogen-bond donors (Lipinski definition) is 1. The molecule has 0 heterocycles. The lowest BCUT2D eigenvalue weighted by Crippen LogP contribution is -2.54. The predicted octanol–water partition coefficient (Wildman–Crippen LogP) is 5.49. The van der Waals surface area contributed by atoms with E-state index >= 15 is 0 Å². The molecule has 0 aliphatic rings. The van der Waals surface area contributed by atoms with Crippen molar-refractivity contribution in [3.63, 3.8) is 0 Å². The van der Waals surface area contributed by atoms with Gasteiger partial charge in [0.2, 0.25) is 10.0 Å². The van der Waals surface area contributed by atoms with Gasteiger partial charge in [-0.3, -0.25) is 0 Å². The summed E-state index contributed by atoms with van der Waals surface area (Å²) in [7, 11) is -7.59. The van der Waals surface area contributed by atoms with Crippen LogP contribution < -0.4 is 4.39 Å². The SMILES string of the molecule is CC(C)(C)[Si](C)(C)NS(=O)(=O)c1cccc(CO[Si](C)(C)C(C)(C)C)c1. The van der Waals surface area contributed by atoms with Gasteiger partial charge < -0.3 is 4.43 Å². The smallest absolute Gasteiger partial charge is 0.234 e. The molecule has 1 N–H and O–H groups in total. The van der Waals surface area contributed by atoms with E-state index in [1.807, 2.05) is 6.07 Å². The summed E-state index contributed by atoms with van der Waals surface area (Å²) in [6.07, 6.45) is 0. The molecule has 1 rings (SSSR count). The summed E-state index contributed by atoms with van der Waals surface area (Å²) in [6, 6.07) is 7.12. The molecule has 0 radical (unpaired) electrons. The summed E-state index contributed by atoms with van der Waals surface area (Å²) in [5.41, 5.74) is 0.896. The van der Waals surface area contributed by atoms with E-state index in [1.165, 1.54) is 0 Å². The summed E-state index contributed by atoms with van der Waals surface area (Å²) >= 11 is 0. The van der Waals surface area contributed by atoms with Gasteiger partial charge in [-0.25, -0.2) is 12.8 Å². The highest BCUT2D eigenvalue weighted by Gasteiger charge is 2.40. The fraction of sp³-hybridized carbons (Fsp3) is 0.684. The number of sulfonamides is 1. The van der Waals surface area contributed by atoms with Crippen LogP contribution in [0.4, 0.5) is 0 Å². The van der Waals surface area contributed by atoms with E-state index in [0.717, 1.165) is 5.56 Å². The summed E-state index contributed by atoms with van der Waals surface area (Å²) < 4.78 is 35.0. The second-order valence-corrected chi connectivity index (χ2v) is 22.0. The van der Waals surface area contributed by atoms with E-state index in [-0.39, 0.29) is 10.1 Å². The predicted molar refractivity (Wildman–Crippen MR) is 116 cm³/mol. The third-order valence-corrected chi connectivity index (χ3v) is 18.1. The Kier molecular flexibility index (Phi) is 6.80. The Bertz CT molecular complexity index is 730. The lowest BCUT2D eigenvalue weighted by atomic mass is 10.2. The summed E-state index contributed by atoms with van der Waals surface area (Å²) in [6.45, 7) is 21.8.